The standard InChI is InChI=1S/C18H20N2O2/c1-3-4-5-10-22-15-8-6-14(7-9-15)16-11-13(2)20-18(21)17(16)12-19/h6-9,11H,3-5,10H2,1-2H3,(H,20,21). The highest BCUT2D eigenvalue weighted by molar-refractivity contribution is 5.70. The highest BCUT2D eigenvalue weighted by Gasteiger charge is 2.10. The highest BCUT2D eigenvalue weighted by atomic mass is 16.5. The topological polar surface area (TPSA) is 65.9 Å². The molecule has 0 aliphatic rings. The Morgan fingerprint density at radius 3 is 2.59 bits per heavy atom. The Morgan fingerprint density at radius 2 is 1.95 bits per heavy atom. The molecule has 0 aliphatic heterocycles. The third-order valence-corrected chi connectivity index (χ3v) is 3.46. The molecule has 0 spiro atoms. The highest BCUT2D eigenvalue weighted by Crippen LogP contribution is 2.24. The minimum atomic E-state index is -0.350. The molecule has 0 bridgehead atoms. The number of hydrogen-bond acceptors (Lipinski definition) is 3. The van der Waals surface area contributed by atoms with E-state index in [9.17, 15) is 10.1 Å². The van der Waals surface area contributed by atoms with Gasteiger partial charge in [-0.1, -0.05) is 31.9 Å². The summed E-state index contributed by atoms with van der Waals surface area (Å²) in [6.07, 6.45) is 3.38. The van der Waals surface area contributed by atoms with E-state index in [-0.39, 0.29) is 11.1 Å². The van der Waals surface area contributed by atoms with Crippen molar-refractivity contribution in [3.63, 3.8) is 0 Å². The summed E-state index contributed by atoms with van der Waals surface area (Å²) in [6.45, 7) is 4.67. The average molecular weight is 296 g/mol. The van der Waals surface area contributed by atoms with Crippen LogP contribution in [0.3, 0.4) is 0 Å². The van der Waals surface area contributed by atoms with Gasteiger partial charge >= 0.3 is 0 Å². The van der Waals surface area contributed by atoms with Gasteiger partial charge in [-0.2, -0.15) is 5.26 Å². The van der Waals surface area contributed by atoms with Crippen molar-refractivity contribution in [3.05, 3.63) is 51.9 Å². The zero-order valence-corrected chi connectivity index (χ0v) is 13.0. The molecule has 0 saturated carbocycles. The van der Waals surface area contributed by atoms with Crippen LogP contribution in [-0.2, 0) is 0 Å². The number of aromatic nitrogens is 1. The van der Waals surface area contributed by atoms with Gasteiger partial charge in [-0.3, -0.25) is 4.79 Å². The molecule has 1 N–H and O–H groups in total. The van der Waals surface area contributed by atoms with Gasteiger partial charge in [0.2, 0.25) is 0 Å². The molecule has 0 radical (unpaired) electrons. The van der Waals surface area contributed by atoms with Crippen molar-refractivity contribution in [2.24, 2.45) is 0 Å². The van der Waals surface area contributed by atoms with Gasteiger partial charge in [-0.05, 0) is 37.1 Å². The van der Waals surface area contributed by atoms with Crippen molar-refractivity contribution in [1.82, 2.24) is 4.98 Å². The minimum Gasteiger partial charge on any atom is -0.494 e. The van der Waals surface area contributed by atoms with E-state index in [1.807, 2.05) is 36.4 Å². The first-order valence-corrected chi connectivity index (χ1v) is 7.53. The van der Waals surface area contributed by atoms with Crippen LogP contribution in [0, 0.1) is 18.3 Å². The van der Waals surface area contributed by atoms with E-state index in [2.05, 4.69) is 11.9 Å². The van der Waals surface area contributed by atoms with E-state index >= 15 is 0 Å². The number of nitriles is 1. The van der Waals surface area contributed by atoms with Crippen LogP contribution in [-0.4, -0.2) is 11.6 Å². The van der Waals surface area contributed by atoms with Gasteiger partial charge in [0.15, 0.2) is 0 Å². The first-order valence-electron chi connectivity index (χ1n) is 7.53. The first kappa shape index (κ1) is 15.8. The number of unbranched alkanes of at least 4 members (excludes halogenated alkanes) is 2. The Labute approximate surface area is 130 Å². The number of rotatable bonds is 6. The zero-order chi connectivity index (χ0) is 15.9. The number of H-pyrrole nitrogens is 1. The number of ether oxygens (including phenoxy) is 1. The number of aromatic amines is 1. The van der Waals surface area contributed by atoms with Crippen LogP contribution in [0.1, 0.15) is 37.4 Å². The molecule has 114 valence electrons. The number of benzene rings is 1. The van der Waals surface area contributed by atoms with E-state index in [4.69, 9.17) is 4.74 Å². The Hall–Kier alpha value is -2.54. The maximum atomic E-state index is 11.8. The van der Waals surface area contributed by atoms with Gasteiger partial charge in [-0.15, -0.1) is 0 Å². The van der Waals surface area contributed by atoms with E-state index in [1.165, 1.54) is 6.42 Å². The van der Waals surface area contributed by atoms with Crippen molar-refractivity contribution in [2.75, 3.05) is 6.61 Å². The lowest BCUT2D eigenvalue weighted by Crippen LogP contribution is -2.12. The average Bonchev–Trinajstić information content (AvgIpc) is 2.51. The molecule has 2 rings (SSSR count). The lowest BCUT2D eigenvalue weighted by atomic mass is 10.0. The van der Waals surface area contributed by atoms with E-state index in [0.29, 0.717) is 12.2 Å². The monoisotopic (exact) mass is 296 g/mol. The van der Waals surface area contributed by atoms with Gasteiger partial charge < -0.3 is 9.72 Å². The van der Waals surface area contributed by atoms with E-state index < -0.39 is 0 Å². The van der Waals surface area contributed by atoms with Gasteiger partial charge in [0, 0.05) is 11.3 Å². The van der Waals surface area contributed by atoms with Crippen molar-refractivity contribution in [3.8, 4) is 22.9 Å². The fourth-order valence-corrected chi connectivity index (χ4v) is 2.30. The molecule has 1 heterocycles. The molecule has 4 heteroatoms. The second kappa shape index (κ2) is 7.46. The number of pyridine rings is 1. The lowest BCUT2D eigenvalue weighted by Gasteiger charge is -2.08. The Morgan fingerprint density at radius 1 is 1.23 bits per heavy atom. The SMILES string of the molecule is CCCCCOc1ccc(-c2cc(C)[nH]c(=O)c2C#N)cc1. The van der Waals surface area contributed by atoms with Crippen LogP contribution >= 0.6 is 0 Å². The number of hydrogen-bond donors (Lipinski definition) is 1. The number of aryl methyl sites for hydroxylation is 1. The van der Waals surface area contributed by atoms with Crippen molar-refractivity contribution < 1.29 is 4.74 Å². The predicted octanol–water partition coefficient (Wildman–Crippen LogP) is 3.79. The van der Waals surface area contributed by atoms with Gasteiger partial charge in [0.1, 0.15) is 17.4 Å². The second-order valence-corrected chi connectivity index (χ2v) is 5.26. The summed E-state index contributed by atoms with van der Waals surface area (Å²) in [5.41, 5.74) is 2.02. The smallest absolute Gasteiger partial charge is 0.266 e. The largest absolute Gasteiger partial charge is 0.494 e. The molecule has 1 aromatic carbocycles. The van der Waals surface area contributed by atoms with Crippen LogP contribution < -0.4 is 10.3 Å². The molecule has 0 unspecified atom stereocenters. The van der Waals surface area contributed by atoms with E-state index in [1.54, 1.807) is 6.92 Å². The lowest BCUT2D eigenvalue weighted by molar-refractivity contribution is 0.306. The van der Waals surface area contributed by atoms with Gasteiger partial charge in [0.25, 0.3) is 5.56 Å². The Bertz CT molecular complexity index is 724. The molecule has 0 fully saturated rings. The summed E-state index contributed by atoms with van der Waals surface area (Å²) in [5.74, 6) is 0.805. The summed E-state index contributed by atoms with van der Waals surface area (Å²) < 4.78 is 5.67. The summed E-state index contributed by atoms with van der Waals surface area (Å²) >= 11 is 0. The molecule has 0 saturated heterocycles. The number of nitrogens with zero attached hydrogens (tertiary/aromatic N) is 1. The quantitative estimate of drug-likeness (QED) is 0.825. The van der Waals surface area contributed by atoms with Crippen LogP contribution in [0.5, 0.6) is 5.75 Å². The molecular formula is C18H20N2O2. The molecule has 0 amide bonds. The third-order valence-electron chi connectivity index (χ3n) is 3.46. The molecule has 1 aromatic heterocycles. The normalized spacial score (nSPS) is 10.2. The molecular weight excluding hydrogens is 276 g/mol. The molecule has 22 heavy (non-hydrogen) atoms. The number of nitrogens with one attached hydrogen (secondary N) is 1. The summed E-state index contributed by atoms with van der Waals surface area (Å²) in [6, 6.07) is 11.3. The maximum Gasteiger partial charge on any atom is 0.266 e. The third kappa shape index (κ3) is 3.76. The first-order chi connectivity index (χ1) is 10.7. The van der Waals surface area contributed by atoms with Gasteiger partial charge in [-0.25, -0.2) is 0 Å². The second-order valence-electron chi connectivity index (χ2n) is 5.26. The molecule has 4 nitrogen and oxygen atoms in total. The molecule has 2 aromatic rings. The van der Waals surface area contributed by atoms with Gasteiger partial charge in [0.05, 0.1) is 6.61 Å². The summed E-state index contributed by atoms with van der Waals surface area (Å²) in [4.78, 5) is 14.5. The fraction of sp³-hybridized carbons (Fsp3) is 0.333. The summed E-state index contributed by atoms with van der Waals surface area (Å²) in [5, 5.41) is 9.18. The Kier molecular flexibility index (Phi) is 5.37. The van der Waals surface area contributed by atoms with Crippen molar-refractivity contribution in [2.45, 2.75) is 33.1 Å². The molecule has 0 aliphatic carbocycles. The maximum absolute atomic E-state index is 11.8. The van der Waals surface area contributed by atoms with Crippen LogP contribution in [0.4, 0.5) is 0 Å². The zero-order valence-electron chi connectivity index (χ0n) is 13.0. The van der Waals surface area contributed by atoms with Crippen LogP contribution in [0.2, 0.25) is 0 Å². The van der Waals surface area contributed by atoms with Crippen LogP contribution in [0.15, 0.2) is 35.1 Å². The minimum absolute atomic E-state index is 0.141. The predicted molar refractivity (Wildman–Crippen MR) is 87.0 cm³/mol. The fourth-order valence-electron chi connectivity index (χ4n) is 2.30. The van der Waals surface area contributed by atoms with Crippen molar-refractivity contribution in [1.29, 1.82) is 5.26 Å². The van der Waals surface area contributed by atoms with E-state index in [0.717, 1.165) is 29.8 Å². The summed E-state index contributed by atoms with van der Waals surface area (Å²) in [7, 11) is 0. The Balaban J connectivity index is 2.21. The van der Waals surface area contributed by atoms with Crippen LogP contribution in [0.25, 0.3) is 11.1 Å². The van der Waals surface area contributed by atoms with Crippen molar-refractivity contribution >= 4 is 0 Å². The molecule has 0 atom stereocenters.